The lowest BCUT2D eigenvalue weighted by Gasteiger charge is -2.33. The van der Waals surface area contributed by atoms with Crippen LogP contribution < -0.4 is 5.73 Å². The summed E-state index contributed by atoms with van der Waals surface area (Å²) in [6, 6.07) is 6.27. The average molecular weight is 353 g/mol. The number of thiophene rings is 1. The van der Waals surface area contributed by atoms with E-state index < -0.39 is 0 Å². The van der Waals surface area contributed by atoms with Gasteiger partial charge < -0.3 is 10.6 Å². The van der Waals surface area contributed by atoms with Gasteiger partial charge >= 0.3 is 0 Å². The fourth-order valence-corrected chi connectivity index (χ4v) is 4.41. The van der Waals surface area contributed by atoms with E-state index in [1.54, 1.807) is 0 Å². The number of amides is 1. The van der Waals surface area contributed by atoms with Gasteiger partial charge in [-0.1, -0.05) is 22.0 Å². The highest BCUT2D eigenvalue weighted by atomic mass is 79.9. The zero-order valence-corrected chi connectivity index (χ0v) is 13.8. The van der Waals surface area contributed by atoms with E-state index in [0.29, 0.717) is 16.6 Å². The van der Waals surface area contributed by atoms with Crippen LogP contribution in [0, 0.1) is 0 Å². The number of carbonyl (C=O) groups excluding carboxylic acids is 1. The average Bonchev–Trinajstić information content (AvgIpc) is 2.75. The predicted octanol–water partition coefficient (Wildman–Crippen LogP) is 4.26. The maximum absolute atomic E-state index is 12.7. The highest BCUT2D eigenvalue weighted by molar-refractivity contribution is 9.10. The number of fused-ring (bicyclic) bond motifs is 1. The van der Waals surface area contributed by atoms with Crippen LogP contribution >= 0.6 is 27.3 Å². The van der Waals surface area contributed by atoms with Gasteiger partial charge in [0.25, 0.3) is 5.91 Å². The Morgan fingerprint density at radius 3 is 3.00 bits per heavy atom. The Balaban J connectivity index is 2.01. The van der Waals surface area contributed by atoms with E-state index >= 15 is 0 Å². The van der Waals surface area contributed by atoms with Crippen LogP contribution in [0.2, 0.25) is 0 Å². The van der Waals surface area contributed by atoms with E-state index in [0.717, 1.165) is 33.9 Å². The van der Waals surface area contributed by atoms with Gasteiger partial charge in [-0.05, 0) is 38.3 Å². The molecule has 0 saturated carbocycles. The first-order chi connectivity index (χ1) is 9.58. The molecule has 1 saturated heterocycles. The molecule has 1 aliphatic heterocycles. The number of hydrogen-bond acceptors (Lipinski definition) is 3. The Morgan fingerprint density at radius 1 is 1.45 bits per heavy atom. The Hall–Kier alpha value is -1.07. The minimum atomic E-state index is 0.0898. The van der Waals surface area contributed by atoms with Crippen molar-refractivity contribution in [2.45, 2.75) is 32.2 Å². The van der Waals surface area contributed by atoms with Crippen molar-refractivity contribution < 1.29 is 4.79 Å². The van der Waals surface area contributed by atoms with Gasteiger partial charge in [0.1, 0.15) is 4.88 Å². The number of rotatable bonds is 1. The van der Waals surface area contributed by atoms with Crippen molar-refractivity contribution in [1.82, 2.24) is 4.90 Å². The number of piperidine rings is 1. The van der Waals surface area contributed by atoms with Crippen LogP contribution in [0.25, 0.3) is 10.1 Å². The second kappa shape index (κ2) is 5.37. The summed E-state index contributed by atoms with van der Waals surface area (Å²) in [5.74, 6) is 0.0898. The Bertz CT molecular complexity index is 667. The van der Waals surface area contributed by atoms with Crippen LogP contribution in [0.4, 0.5) is 5.69 Å². The molecule has 20 heavy (non-hydrogen) atoms. The number of hydrogen-bond donors (Lipinski definition) is 1. The molecule has 1 fully saturated rings. The summed E-state index contributed by atoms with van der Waals surface area (Å²) in [7, 11) is 0. The number of carbonyl (C=O) groups is 1. The molecule has 0 spiro atoms. The number of likely N-dealkylation sites (tertiary alicyclic amines) is 1. The summed E-state index contributed by atoms with van der Waals surface area (Å²) in [5, 5.41) is 0.978. The fraction of sp³-hybridized carbons (Fsp3) is 0.400. The molecule has 2 heterocycles. The topological polar surface area (TPSA) is 46.3 Å². The number of anilines is 1. The van der Waals surface area contributed by atoms with E-state index in [1.807, 2.05) is 23.1 Å². The van der Waals surface area contributed by atoms with Gasteiger partial charge in [0.05, 0.1) is 5.69 Å². The highest BCUT2D eigenvalue weighted by Gasteiger charge is 2.27. The Morgan fingerprint density at radius 2 is 2.25 bits per heavy atom. The molecule has 3 rings (SSSR count). The third-order valence-corrected chi connectivity index (χ3v) is 5.60. The minimum absolute atomic E-state index is 0.0898. The van der Waals surface area contributed by atoms with E-state index in [1.165, 1.54) is 17.8 Å². The van der Waals surface area contributed by atoms with Crippen LogP contribution in [-0.4, -0.2) is 23.4 Å². The fourth-order valence-electron chi connectivity index (χ4n) is 2.78. The third-order valence-electron chi connectivity index (χ3n) is 3.95. The molecule has 0 aliphatic carbocycles. The van der Waals surface area contributed by atoms with Gasteiger partial charge in [0, 0.05) is 27.1 Å². The largest absolute Gasteiger partial charge is 0.397 e. The first-order valence-corrected chi connectivity index (χ1v) is 8.47. The summed E-state index contributed by atoms with van der Waals surface area (Å²) in [6.07, 6.45) is 3.38. The lowest BCUT2D eigenvalue weighted by molar-refractivity contribution is 0.0642. The maximum Gasteiger partial charge on any atom is 0.266 e. The van der Waals surface area contributed by atoms with Crippen molar-refractivity contribution in [3.05, 3.63) is 27.5 Å². The van der Waals surface area contributed by atoms with Crippen LogP contribution in [0.3, 0.4) is 0 Å². The predicted molar refractivity (Wildman–Crippen MR) is 88.3 cm³/mol. The Labute approximate surface area is 130 Å². The van der Waals surface area contributed by atoms with Crippen molar-refractivity contribution in [1.29, 1.82) is 0 Å². The number of halogens is 1. The van der Waals surface area contributed by atoms with Crippen LogP contribution in [-0.2, 0) is 0 Å². The molecule has 1 unspecified atom stereocenters. The summed E-state index contributed by atoms with van der Waals surface area (Å²) in [4.78, 5) is 15.4. The first kappa shape index (κ1) is 13.9. The van der Waals surface area contributed by atoms with Gasteiger partial charge in [-0.3, -0.25) is 4.79 Å². The molecule has 106 valence electrons. The molecule has 1 aromatic heterocycles. The van der Waals surface area contributed by atoms with E-state index in [9.17, 15) is 4.79 Å². The van der Waals surface area contributed by atoms with Crippen LogP contribution in [0.1, 0.15) is 35.9 Å². The smallest absolute Gasteiger partial charge is 0.266 e. The molecule has 2 N–H and O–H groups in total. The summed E-state index contributed by atoms with van der Waals surface area (Å²) in [6.45, 7) is 2.97. The van der Waals surface area contributed by atoms with Crippen LogP contribution in [0.15, 0.2) is 22.7 Å². The summed E-state index contributed by atoms with van der Waals surface area (Å²) >= 11 is 4.96. The van der Waals surface area contributed by atoms with Crippen molar-refractivity contribution in [3.63, 3.8) is 0 Å². The van der Waals surface area contributed by atoms with Crippen molar-refractivity contribution in [2.75, 3.05) is 12.3 Å². The molecule has 1 atom stereocenters. The molecule has 2 aromatic rings. The molecule has 3 nitrogen and oxygen atoms in total. The molecule has 1 aliphatic rings. The van der Waals surface area contributed by atoms with Gasteiger partial charge in [0.15, 0.2) is 0 Å². The van der Waals surface area contributed by atoms with Gasteiger partial charge in [0.2, 0.25) is 0 Å². The molecule has 1 amide bonds. The summed E-state index contributed by atoms with van der Waals surface area (Å²) in [5.41, 5.74) is 6.81. The maximum atomic E-state index is 12.7. The van der Waals surface area contributed by atoms with Crippen LogP contribution in [0.5, 0.6) is 0 Å². The SMILES string of the molecule is CC1CCCCN1C(=O)c1sc2cc(Br)ccc2c1N. The molecule has 0 bridgehead atoms. The van der Waals surface area contributed by atoms with Gasteiger partial charge in [-0.15, -0.1) is 11.3 Å². The lowest BCUT2D eigenvalue weighted by Crippen LogP contribution is -2.41. The zero-order valence-electron chi connectivity index (χ0n) is 11.4. The molecule has 0 radical (unpaired) electrons. The van der Waals surface area contributed by atoms with E-state index in [-0.39, 0.29) is 5.91 Å². The van der Waals surface area contributed by atoms with Crippen molar-refractivity contribution >= 4 is 48.9 Å². The first-order valence-electron chi connectivity index (χ1n) is 6.86. The monoisotopic (exact) mass is 352 g/mol. The molecule has 5 heteroatoms. The quantitative estimate of drug-likeness (QED) is 0.833. The number of nitrogen functional groups attached to an aromatic ring is 1. The van der Waals surface area contributed by atoms with Gasteiger partial charge in [-0.2, -0.15) is 0 Å². The Kier molecular flexibility index (Phi) is 3.73. The van der Waals surface area contributed by atoms with Crippen molar-refractivity contribution in [3.8, 4) is 0 Å². The number of benzene rings is 1. The highest BCUT2D eigenvalue weighted by Crippen LogP contribution is 2.36. The second-order valence-electron chi connectivity index (χ2n) is 5.33. The third kappa shape index (κ3) is 2.33. The molecular weight excluding hydrogens is 336 g/mol. The number of nitrogens with two attached hydrogens (primary N) is 1. The van der Waals surface area contributed by atoms with E-state index in [4.69, 9.17) is 5.73 Å². The number of nitrogens with zero attached hydrogens (tertiary/aromatic N) is 1. The normalized spacial score (nSPS) is 19.5. The molecule has 1 aromatic carbocycles. The van der Waals surface area contributed by atoms with E-state index in [2.05, 4.69) is 22.9 Å². The molecular formula is C15H17BrN2OS. The second-order valence-corrected chi connectivity index (χ2v) is 7.30. The lowest BCUT2D eigenvalue weighted by atomic mass is 10.0. The minimum Gasteiger partial charge on any atom is -0.397 e. The standard InChI is InChI=1S/C15H17BrN2OS/c1-9-4-2-3-7-18(9)15(19)14-13(17)11-6-5-10(16)8-12(11)20-14/h5-6,8-9H,2-4,7,17H2,1H3. The zero-order chi connectivity index (χ0) is 14.3. The summed E-state index contributed by atoms with van der Waals surface area (Å²) < 4.78 is 2.07. The van der Waals surface area contributed by atoms with Gasteiger partial charge in [-0.25, -0.2) is 0 Å². The van der Waals surface area contributed by atoms with Crippen molar-refractivity contribution in [2.24, 2.45) is 0 Å².